The fraction of sp³-hybridized carbons (Fsp3) is 0. The molecule has 74 heavy (non-hydrogen) atoms. The van der Waals surface area contributed by atoms with Crippen molar-refractivity contribution in [2.45, 2.75) is 0 Å². The van der Waals surface area contributed by atoms with Crippen LogP contribution < -0.4 is 9.80 Å². The van der Waals surface area contributed by atoms with Crippen molar-refractivity contribution in [3.63, 3.8) is 0 Å². The zero-order chi connectivity index (χ0) is 49.0. The van der Waals surface area contributed by atoms with E-state index in [1.807, 2.05) is 24.3 Å². The molecule has 0 radical (unpaired) electrons. The predicted octanol–water partition coefficient (Wildman–Crippen LogP) is 20.2. The summed E-state index contributed by atoms with van der Waals surface area (Å²) in [6.07, 6.45) is 0. The normalized spacial score (nSPS) is 11.5. The average molecular weight is 947 g/mol. The fourth-order valence-corrected chi connectivity index (χ4v) is 11.0. The summed E-state index contributed by atoms with van der Waals surface area (Å²) in [4.78, 5) is 4.86. The summed E-state index contributed by atoms with van der Waals surface area (Å²) < 4.78 is 13.3. The second kappa shape index (κ2) is 18.1. The van der Waals surface area contributed by atoms with Crippen LogP contribution in [0.5, 0.6) is 0 Å². The standard InChI is InChI=1S/C70H46N2O2/c1-5-21-47(22-6-1)55-29-13-17-33-63(55)71(53-37-39-59-57-31-15-19-35-67(57)73-69(59)45-53)65-43-52-44-66(62(50-27-11-4-12-28-50)42-51(52)41-61(65)49-25-9-3-10-26-49)72(64-34-18-14-30-56(64)48-23-7-2-8-24-48)54-38-40-60-58-32-16-20-36-68(58)74-70(60)46-54/h1-46H. The van der Waals surface area contributed by atoms with Crippen LogP contribution in [0, 0.1) is 0 Å². The molecule has 0 saturated heterocycles. The molecule has 2 aromatic heterocycles. The molecule has 4 heteroatoms. The first-order chi connectivity index (χ1) is 36.7. The van der Waals surface area contributed by atoms with E-state index >= 15 is 0 Å². The molecule has 0 atom stereocenters. The molecule has 0 aliphatic heterocycles. The van der Waals surface area contributed by atoms with Gasteiger partial charge in [0.1, 0.15) is 22.3 Å². The first-order valence-corrected chi connectivity index (χ1v) is 25.1. The van der Waals surface area contributed by atoms with Gasteiger partial charge in [0.2, 0.25) is 0 Å². The molecule has 0 spiro atoms. The topological polar surface area (TPSA) is 32.8 Å². The largest absolute Gasteiger partial charge is 0.456 e. The Labute approximate surface area is 428 Å². The van der Waals surface area contributed by atoms with E-state index in [1.54, 1.807) is 0 Å². The molecule has 0 aliphatic carbocycles. The number of furan rings is 2. The van der Waals surface area contributed by atoms with Gasteiger partial charge in [0.25, 0.3) is 0 Å². The minimum Gasteiger partial charge on any atom is -0.456 e. The smallest absolute Gasteiger partial charge is 0.137 e. The zero-order valence-corrected chi connectivity index (χ0v) is 40.3. The molecule has 0 unspecified atom stereocenters. The van der Waals surface area contributed by atoms with Gasteiger partial charge >= 0.3 is 0 Å². The van der Waals surface area contributed by atoms with Crippen LogP contribution in [0.25, 0.3) is 99.2 Å². The lowest BCUT2D eigenvalue weighted by Gasteiger charge is -2.32. The highest BCUT2D eigenvalue weighted by molar-refractivity contribution is 6.10. The van der Waals surface area contributed by atoms with E-state index in [9.17, 15) is 0 Å². The molecule has 348 valence electrons. The highest BCUT2D eigenvalue weighted by atomic mass is 16.3. The first kappa shape index (κ1) is 42.9. The quantitative estimate of drug-likeness (QED) is 0.137. The van der Waals surface area contributed by atoms with Crippen LogP contribution in [-0.2, 0) is 0 Å². The van der Waals surface area contributed by atoms with Gasteiger partial charge in [-0.1, -0.05) is 194 Å². The summed E-state index contributed by atoms with van der Waals surface area (Å²) in [6.45, 7) is 0. The van der Waals surface area contributed by atoms with Gasteiger partial charge in [0.05, 0.1) is 22.7 Å². The molecule has 14 rings (SSSR count). The minimum atomic E-state index is 0.830. The van der Waals surface area contributed by atoms with E-state index in [0.29, 0.717) is 0 Å². The summed E-state index contributed by atoms with van der Waals surface area (Å²) in [6, 6.07) is 99.9. The third-order valence-corrected chi connectivity index (χ3v) is 14.4. The molecule has 12 aromatic carbocycles. The van der Waals surface area contributed by atoms with Crippen molar-refractivity contribution in [2.24, 2.45) is 0 Å². The molecule has 2 heterocycles. The summed E-state index contributed by atoms with van der Waals surface area (Å²) in [5, 5.41) is 6.55. The minimum absolute atomic E-state index is 0.830. The van der Waals surface area contributed by atoms with Gasteiger partial charge in [-0.3, -0.25) is 0 Å². The van der Waals surface area contributed by atoms with Crippen molar-refractivity contribution in [3.05, 3.63) is 279 Å². The van der Waals surface area contributed by atoms with Crippen LogP contribution >= 0.6 is 0 Å². The van der Waals surface area contributed by atoms with Crippen molar-refractivity contribution in [1.82, 2.24) is 0 Å². The highest BCUT2D eigenvalue weighted by Gasteiger charge is 2.26. The van der Waals surface area contributed by atoms with Crippen molar-refractivity contribution in [2.75, 3.05) is 9.80 Å². The monoisotopic (exact) mass is 946 g/mol. The lowest BCUT2D eigenvalue weighted by molar-refractivity contribution is 0.668. The van der Waals surface area contributed by atoms with Crippen molar-refractivity contribution < 1.29 is 8.83 Å². The molecule has 14 aromatic rings. The number of rotatable bonds is 10. The van der Waals surface area contributed by atoms with Gasteiger partial charge in [0, 0.05) is 67.3 Å². The molecular formula is C70H46N2O2. The van der Waals surface area contributed by atoms with Crippen molar-refractivity contribution in [3.8, 4) is 44.5 Å². The number of fused-ring (bicyclic) bond motifs is 7. The van der Waals surface area contributed by atoms with Crippen LogP contribution in [0.15, 0.2) is 288 Å². The zero-order valence-electron chi connectivity index (χ0n) is 40.3. The Kier molecular flexibility index (Phi) is 10.5. The molecule has 0 bridgehead atoms. The van der Waals surface area contributed by atoms with Crippen molar-refractivity contribution in [1.29, 1.82) is 0 Å². The summed E-state index contributed by atoms with van der Waals surface area (Å²) in [5.41, 5.74) is 18.4. The first-order valence-electron chi connectivity index (χ1n) is 25.1. The predicted molar refractivity (Wildman–Crippen MR) is 310 cm³/mol. The maximum Gasteiger partial charge on any atom is 0.137 e. The number of anilines is 6. The van der Waals surface area contributed by atoms with E-state index in [4.69, 9.17) is 8.83 Å². The third-order valence-electron chi connectivity index (χ3n) is 14.4. The molecular weight excluding hydrogens is 901 g/mol. The van der Waals surface area contributed by atoms with Gasteiger partial charge in [-0.05, 0) is 106 Å². The summed E-state index contributed by atoms with van der Waals surface area (Å²) in [5.74, 6) is 0. The number of nitrogens with zero attached hydrogens (tertiary/aromatic N) is 2. The Morgan fingerprint density at radius 2 is 0.541 bits per heavy atom. The van der Waals surface area contributed by atoms with Gasteiger partial charge in [-0.25, -0.2) is 0 Å². The molecule has 0 saturated carbocycles. The second-order valence-corrected chi connectivity index (χ2v) is 18.8. The van der Waals surface area contributed by atoms with Crippen LogP contribution in [0.4, 0.5) is 34.1 Å². The maximum atomic E-state index is 6.64. The number of hydrogen-bond acceptors (Lipinski definition) is 4. The van der Waals surface area contributed by atoms with E-state index in [1.165, 1.54) is 0 Å². The van der Waals surface area contributed by atoms with E-state index in [-0.39, 0.29) is 0 Å². The Morgan fingerprint density at radius 3 is 0.959 bits per heavy atom. The Hall–Kier alpha value is -9.90. The Morgan fingerprint density at radius 1 is 0.216 bits per heavy atom. The SMILES string of the molecule is c1ccc(-c2ccccc2N(c2ccc3c(c2)oc2ccccc23)c2cc3cc(N(c4ccc5c(c4)oc4ccccc45)c4ccccc4-c4ccccc4)c(-c4ccccc4)cc3cc2-c2ccccc2)cc1. The molecule has 4 nitrogen and oxygen atoms in total. The van der Waals surface area contributed by atoms with E-state index < -0.39 is 0 Å². The van der Waals surface area contributed by atoms with Crippen LogP contribution in [0.3, 0.4) is 0 Å². The van der Waals surface area contributed by atoms with Crippen LogP contribution in [0.2, 0.25) is 0 Å². The van der Waals surface area contributed by atoms with E-state index in [2.05, 4.69) is 265 Å². The molecule has 0 amide bonds. The number of hydrogen-bond donors (Lipinski definition) is 0. The second-order valence-electron chi connectivity index (χ2n) is 18.8. The van der Waals surface area contributed by atoms with E-state index in [0.717, 1.165) is 133 Å². The van der Waals surface area contributed by atoms with Crippen molar-refractivity contribution >= 4 is 88.8 Å². The van der Waals surface area contributed by atoms with Gasteiger partial charge in [0.15, 0.2) is 0 Å². The Bertz CT molecular complexity index is 4090. The lowest BCUT2D eigenvalue weighted by Crippen LogP contribution is -2.14. The average Bonchev–Trinajstić information content (AvgIpc) is 4.04. The third kappa shape index (κ3) is 7.48. The van der Waals surface area contributed by atoms with Crippen LogP contribution in [-0.4, -0.2) is 0 Å². The summed E-state index contributed by atoms with van der Waals surface area (Å²) >= 11 is 0. The molecule has 0 N–H and O–H groups in total. The van der Waals surface area contributed by atoms with Gasteiger partial charge in [-0.2, -0.15) is 0 Å². The highest BCUT2D eigenvalue weighted by Crippen LogP contribution is 2.51. The Balaban J connectivity index is 1.08. The molecule has 0 fully saturated rings. The lowest BCUT2D eigenvalue weighted by atomic mass is 9.92. The fourth-order valence-electron chi connectivity index (χ4n) is 11.0. The maximum absolute atomic E-state index is 6.64. The van der Waals surface area contributed by atoms with Gasteiger partial charge < -0.3 is 18.6 Å². The van der Waals surface area contributed by atoms with Crippen LogP contribution in [0.1, 0.15) is 0 Å². The number of para-hydroxylation sites is 4. The molecule has 0 aliphatic rings. The summed E-state index contributed by atoms with van der Waals surface area (Å²) in [7, 11) is 0. The number of benzene rings is 12. The van der Waals surface area contributed by atoms with Gasteiger partial charge in [-0.15, -0.1) is 0 Å².